The molecular formula is C9H19N3O2. The molecular weight excluding hydrogens is 182 g/mol. The molecule has 0 unspecified atom stereocenters. The van der Waals surface area contributed by atoms with Crippen LogP contribution in [0.15, 0.2) is 5.16 Å². The lowest BCUT2D eigenvalue weighted by atomic mass is 9.90. The molecule has 0 aromatic heterocycles. The molecule has 0 aliphatic rings. The predicted molar refractivity (Wildman–Crippen MR) is 55.1 cm³/mol. The lowest BCUT2D eigenvalue weighted by Gasteiger charge is -2.29. The number of nitrogens with zero attached hydrogens (tertiary/aromatic N) is 2. The van der Waals surface area contributed by atoms with Crippen molar-refractivity contribution in [1.29, 1.82) is 0 Å². The van der Waals surface area contributed by atoms with E-state index >= 15 is 0 Å². The number of nitrogens with two attached hydrogens (primary N) is 1. The molecule has 0 rings (SSSR count). The molecule has 0 aliphatic heterocycles. The fraction of sp³-hybridized carbons (Fsp3) is 0.778. The Labute approximate surface area is 84.6 Å². The first-order valence-electron chi connectivity index (χ1n) is 4.69. The van der Waals surface area contributed by atoms with Crippen LogP contribution in [-0.2, 0) is 4.79 Å². The summed E-state index contributed by atoms with van der Waals surface area (Å²) >= 11 is 0. The molecule has 0 fully saturated rings. The van der Waals surface area contributed by atoms with Crippen molar-refractivity contribution in [3.05, 3.63) is 0 Å². The van der Waals surface area contributed by atoms with E-state index < -0.39 is 5.41 Å². The fourth-order valence-electron chi connectivity index (χ4n) is 1.14. The number of hydrogen-bond donors (Lipinski definition) is 2. The third-order valence-corrected chi connectivity index (χ3v) is 2.33. The van der Waals surface area contributed by atoms with Crippen molar-refractivity contribution in [2.45, 2.75) is 27.7 Å². The van der Waals surface area contributed by atoms with Gasteiger partial charge in [-0.25, -0.2) is 0 Å². The van der Waals surface area contributed by atoms with Crippen molar-refractivity contribution in [1.82, 2.24) is 4.90 Å². The average Bonchev–Trinajstić information content (AvgIpc) is 2.18. The van der Waals surface area contributed by atoms with Gasteiger partial charge in [0.1, 0.15) is 5.41 Å². The van der Waals surface area contributed by atoms with Crippen LogP contribution in [0.5, 0.6) is 0 Å². The van der Waals surface area contributed by atoms with Crippen molar-refractivity contribution in [2.24, 2.45) is 16.3 Å². The minimum absolute atomic E-state index is 0.0607. The molecule has 1 amide bonds. The summed E-state index contributed by atoms with van der Waals surface area (Å²) in [6.07, 6.45) is 0. The largest absolute Gasteiger partial charge is 0.409 e. The normalized spacial score (nSPS) is 12.7. The first-order chi connectivity index (χ1) is 6.41. The zero-order valence-corrected chi connectivity index (χ0v) is 9.24. The Bertz CT molecular complexity index is 232. The Hall–Kier alpha value is -1.26. The average molecular weight is 201 g/mol. The van der Waals surface area contributed by atoms with E-state index in [1.54, 1.807) is 18.7 Å². The van der Waals surface area contributed by atoms with Crippen LogP contribution in [0.2, 0.25) is 0 Å². The standard InChI is InChI=1S/C9H19N3O2/c1-5-12(6-2)8(13)9(3,4)7(10)11-14/h14H,5-6H2,1-4H3,(H2,10,11). The second-order valence-electron chi connectivity index (χ2n) is 3.59. The summed E-state index contributed by atoms with van der Waals surface area (Å²) < 4.78 is 0. The Balaban J connectivity index is 4.82. The first-order valence-corrected chi connectivity index (χ1v) is 4.69. The summed E-state index contributed by atoms with van der Waals surface area (Å²) in [6, 6.07) is 0. The summed E-state index contributed by atoms with van der Waals surface area (Å²) in [5, 5.41) is 11.4. The Morgan fingerprint density at radius 3 is 2.14 bits per heavy atom. The molecule has 0 spiro atoms. The number of oxime groups is 1. The van der Waals surface area contributed by atoms with Gasteiger partial charge < -0.3 is 15.8 Å². The third-order valence-electron chi connectivity index (χ3n) is 2.33. The summed E-state index contributed by atoms with van der Waals surface area (Å²) in [7, 11) is 0. The van der Waals surface area contributed by atoms with Crippen LogP contribution in [0.25, 0.3) is 0 Å². The Morgan fingerprint density at radius 1 is 1.43 bits per heavy atom. The maximum Gasteiger partial charge on any atom is 0.235 e. The van der Waals surface area contributed by atoms with Crippen LogP contribution in [0.1, 0.15) is 27.7 Å². The van der Waals surface area contributed by atoms with Gasteiger partial charge in [0.15, 0.2) is 5.84 Å². The summed E-state index contributed by atoms with van der Waals surface area (Å²) in [6.45, 7) is 8.31. The van der Waals surface area contributed by atoms with Crippen LogP contribution >= 0.6 is 0 Å². The maximum absolute atomic E-state index is 11.9. The van der Waals surface area contributed by atoms with E-state index in [0.717, 1.165) is 0 Å². The predicted octanol–water partition coefficient (Wildman–Crippen LogP) is 0.627. The Morgan fingerprint density at radius 2 is 1.86 bits per heavy atom. The summed E-state index contributed by atoms with van der Waals surface area (Å²) in [5.41, 5.74) is 4.51. The van der Waals surface area contributed by atoms with Crippen molar-refractivity contribution >= 4 is 11.7 Å². The molecule has 0 saturated heterocycles. The lowest BCUT2D eigenvalue weighted by Crippen LogP contribution is -2.47. The van der Waals surface area contributed by atoms with E-state index in [4.69, 9.17) is 10.9 Å². The molecule has 5 heteroatoms. The highest BCUT2D eigenvalue weighted by Crippen LogP contribution is 2.18. The van der Waals surface area contributed by atoms with Gasteiger partial charge >= 0.3 is 0 Å². The van der Waals surface area contributed by atoms with Gasteiger partial charge in [-0.05, 0) is 27.7 Å². The molecule has 3 N–H and O–H groups in total. The minimum atomic E-state index is -0.944. The van der Waals surface area contributed by atoms with Gasteiger partial charge in [-0.15, -0.1) is 0 Å². The smallest absolute Gasteiger partial charge is 0.235 e. The van der Waals surface area contributed by atoms with E-state index in [2.05, 4.69) is 5.16 Å². The van der Waals surface area contributed by atoms with Gasteiger partial charge in [0.25, 0.3) is 0 Å². The minimum Gasteiger partial charge on any atom is -0.409 e. The number of amidine groups is 1. The van der Waals surface area contributed by atoms with E-state index in [1.165, 1.54) is 0 Å². The van der Waals surface area contributed by atoms with Crippen molar-refractivity contribution in [2.75, 3.05) is 13.1 Å². The van der Waals surface area contributed by atoms with Gasteiger partial charge in [0.2, 0.25) is 5.91 Å². The molecule has 0 bridgehead atoms. The van der Waals surface area contributed by atoms with Crippen LogP contribution in [-0.4, -0.2) is 34.9 Å². The van der Waals surface area contributed by atoms with Gasteiger partial charge in [0, 0.05) is 13.1 Å². The highest BCUT2D eigenvalue weighted by molar-refractivity contribution is 6.05. The molecule has 0 radical (unpaired) electrons. The molecule has 14 heavy (non-hydrogen) atoms. The van der Waals surface area contributed by atoms with Crippen molar-refractivity contribution < 1.29 is 10.0 Å². The molecule has 5 nitrogen and oxygen atoms in total. The molecule has 0 aromatic rings. The SMILES string of the molecule is CCN(CC)C(=O)C(C)(C)C(N)=NO. The molecule has 0 heterocycles. The zero-order valence-electron chi connectivity index (χ0n) is 9.24. The van der Waals surface area contributed by atoms with E-state index in [9.17, 15) is 4.79 Å². The van der Waals surface area contributed by atoms with Crippen LogP contribution in [0.4, 0.5) is 0 Å². The zero-order chi connectivity index (χ0) is 11.4. The second-order valence-corrected chi connectivity index (χ2v) is 3.59. The van der Waals surface area contributed by atoms with Gasteiger partial charge in [-0.3, -0.25) is 4.79 Å². The van der Waals surface area contributed by atoms with E-state index in [0.29, 0.717) is 13.1 Å². The second kappa shape index (κ2) is 4.83. The number of amides is 1. The Kier molecular flexibility index (Phi) is 4.40. The quantitative estimate of drug-likeness (QED) is 0.303. The molecule has 0 aromatic carbocycles. The topological polar surface area (TPSA) is 78.9 Å². The number of carbonyl (C=O) groups excluding carboxylic acids is 1. The third kappa shape index (κ3) is 2.37. The van der Waals surface area contributed by atoms with Gasteiger partial charge in [-0.2, -0.15) is 0 Å². The highest BCUT2D eigenvalue weighted by atomic mass is 16.4. The summed E-state index contributed by atoms with van der Waals surface area (Å²) in [5.74, 6) is -0.188. The summed E-state index contributed by atoms with van der Waals surface area (Å²) in [4.78, 5) is 13.5. The number of rotatable bonds is 4. The van der Waals surface area contributed by atoms with Crippen LogP contribution in [0, 0.1) is 5.41 Å². The van der Waals surface area contributed by atoms with Crippen molar-refractivity contribution in [3.8, 4) is 0 Å². The fourth-order valence-corrected chi connectivity index (χ4v) is 1.14. The van der Waals surface area contributed by atoms with E-state index in [1.807, 2.05) is 13.8 Å². The van der Waals surface area contributed by atoms with Crippen LogP contribution in [0.3, 0.4) is 0 Å². The van der Waals surface area contributed by atoms with E-state index in [-0.39, 0.29) is 11.7 Å². The molecule has 0 atom stereocenters. The molecule has 0 saturated carbocycles. The lowest BCUT2D eigenvalue weighted by molar-refractivity contribution is -0.136. The van der Waals surface area contributed by atoms with Gasteiger partial charge in [0.05, 0.1) is 0 Å². The number of hydrogen-bond acceptors (Lipinski definition) is 3. The maximum atomic E-state index is 11.9. The number of carbonyl (C=O) groups is 1. The highest BCUT2D eigenvalue weighted by Gasteiger charge is 2.35. The van der Waals surface area contributed by atoms with Crippen LogP contribution < -0.4 is 5.73 Å². The molecule has 0 aliphatic carbocycles. The van der Waals surface area contributed by atoms with Crippen molar-refractivity contribution in [3.63, 3.8) is 0 Å². The molecule has 82 valence electrons. The van der Waals surface area contributed by atoms with Gasteiger partial charge in [-0.1, -0.05) is 5.16 Å². The monoisotopic (exact) mass is 201 g/mol. The first kappa shape index (κ1) is 12.7.